The molecule has 0 heterocycles. The summed E-state index contributed by atoms with van der Waals surface area (Å²) in [4.78, 5) is 0. The van der Waals surface area contributed by atoms with Gasteiger partial charge in [0.1, 0.15) is 5.75 Å². The van der Waals surface area contributed by atoms with Crippen molar-refractivity contribution >= 4 is 30.4 Å². The zero-order chi connectivity index (χ0) is 8.97. The molecule has 0 spiro atoms. The summed E-state index contributed by atoms with van der Waals surface area (Å²) in [5.41, 5.74) is 1.57. The van der Waals surface area contributed by atoms with E-state index >= 15 is 0 Å². The Morgan fingerprint density at radius 3 is 2.25 bits per heavy atom. The fraction of sp³-hybridized carbons (Fsp3) is 0. The van der Waals surface area contributed by atoms with Crippen LogP contribution in [0.4, 0.5) is 0 Å². The SMILES string of the molecule is OB(O)c1ccc(OC=S)cc1. The lowest BCUT2D eigenvalue weighted by Crippen LogP contribution is -2.29. The van der Waals surface area contributed by atoms with E-state index in [4.69, 9.17) is 14.8 Å². The van der Waals surface area contributed by atoms with Crippen molar-refractivity contribution in [3.8, 4) is 5.75 Å². The molecule has 0 atom stereocenters. The van der Waals surface area contributed by atoms with Crippen molar-refractivity contribution in [3.63, 3.8) is 0 Å². The molecular formula is C7H7BO3S. The Labute approximate surface area is 75.7 Å². The van der Waals surface area contributed by atoms with Gasteiger partial charge >= 0.3 is 7.12 Å². The van der Waals surface area contributed by atoms with Crippen molar-refractivity contribution in [2.45, 2.75) is 0 Å². The molecule has 0 aliphatic carbocycles. The van der Waals surface area contributed by atoms with Crippen LogP contribution in [0.5, 0.6) is 5.75 Å². The molecule has 0 bridgehead atoms. The first kappa shape index (κ1) is 9.19. The monoisotopic (exact) mass is 182 g/mol. The second-order valence-corrected chi connectivity index (χ2v) is 2.35. The second-order valence-electron chi connectivity index (χ2n) is 2.16. The molecule has 0 aliphatic rings. The van der Waals surface area contributed by atoms with Crippen molar-refractivity contribution in [3.05, 3.63) is 24.3 Å². The van der Waals surface area contributed by atoms with Crippen LogP contribution in [0.25, 0.3) is 0 Å². The minimum atomic E-state index is -1.44. The second kappa shape index (κ2) is 4.20. The molecule has 12 heavy (non-hydrogen) atoms. The van der Waals surface area contributed by atoms with E-state index in [1.807, 2.05) is 0 Å². The van der Waals surface area contributed by atoms with Crippen molar-refractivity contribution in [2.75, 3.05) is 0 Å². The summed E-state index contributed by atoms with van der Waals surface area (Å²) < 4.78 is 4.87. The van der Waals surface area contributed by atoms with E-state index in [0.29, 0.717) is 11.2 Å². The molecule has 0 aliphatic heterocycles. The number of thiocarbonyl (C=S) groups is 1. The molecule has 0 unspecified atom stereocenters. The summed E-state index contributed by atoms with van der Waals surface area (Å²) in [5.74, 6) is 0.578. The Morgan fingerprint density at radius 2 is 1.83 bits per heavy atom. The zero-order valence-electron chi connectivity index (χ0n) is 6.18. The number of hydrogen-bond acceptors (Lipinski definition) is 4. The molecule has 0 radical (unpaired) electrons. The molecular weight excluding hydrogens is 175 g/mol. The first-order valence-electron chi connectivity index (χ1n) is 3.30. The highest BCUT2D eigenvalue weighted by molar-refractivity contribution is 7.78. The van der Waals surface area contributed by atoms with Gasteiger partial charge in [0.25, 0.3) is 0 Å². The third-order valence-corrected chi connectivity index (χ3v) is 1.46. The van der Waals surface area contributed by atoms with Gasteiger partial charge in [-0.15, -0.1) is 0 Å². The van der Waals surface area contributed by atoms with E-state index in [2.05, 4.69) is 12.2 Å². The summed E-state index contributed by atoms with van der Waals surface area (Å²) in [6.45, 7) is 0. The Kier molecular flexibility index (Phi) is 3.22. The maximum atomic E-state index is 8.73. The first-order chi connectivity index (χ1) is 5.74. The van der Waals surface area contributed by atoms with Crippen LogP contribution < -0.4 is 10.2 Å². The molecule has 3 nitrogen and oxygen atoms in total. The predicted octanol–water partition coefficient (Wildman–Crippen LogP) is -0.298. The molecule has 1 rings (SSSR count). The summed E-state index contributed by atoms with van der Waals surface area (Å²) in [7, 11) is -1.44. The Hall–Kier alpha value is -0.905. The van der Waals surface area contributed by atoms with E-state index in [9.17, 15) is 0 Å². The van der Waals surface area contributed by atoms with E-state index < -0.39 is 7.12 Å². The van der Waals surface area contributed by atoms with Crippen LogP contribution in [0.1, 0.15) is 0 Å². The number of ether oxygens (including phenoxy) is 1. The van der Waals surface area contributed by atoms with Gasteiger partial charge in [-0.1, -0.05) is 12.1 Å². The van der Waals surface area contributed by atoms with Gasteiger partial charge in [-0.05, 0) is 29.8 Å². The standard InChI is InChI=1S/C7H7BO3S/c9-8(10)6-1-3-7(4-2-6)11-5-12/h1-5,9-10H. The van der Waals surface area contributed by atoms with Crippen LogP contribution >= 0.6 is 12.2 Å². The quantitative estimate of drug-likeness (QED) is 0.497. The van der Waals surface area contributed by atoms with Crippen LogP contribution in [0.3, 0.4) is 0 Å². The average Bonchev–Trinajstić information content (AvgIpc) is 2.06. The van der Waals surface area contributed by atoms with Gasteiger partial charge < -0.3 is 14.8 Å². The summed E-state index contributed by atoms with van der Waals surface area (Å²) in [5, 5.41) is 17.5. The van der Waals surface area contributed by atoms with Gasteiger partial charge in [0.15, 0.2) is 5.55 Å². The third-order valence-electron chi connectivity index (χ3n) is 1.36. The van der Waals surface area contributed by atoms with E-state index in [1.165, 1.54) is 0 Å². The molecule has 62 valence electrons. The maximum absolute atomic E-state index is 8.73. The number of rotatable bonds is 3. The smallest absolute Gasteiger partial charge is 0.454 e. The Balaban J connectivity index is 2.78. The zero-order valence-corrected chi connectivity index (χ0v) is 6.99. The normalized spacial score (nSPS) is 9.17. The topological polar surface area (TPSA) is 49.7 Å². The van der Waals surface area contributed by atoms with Gasteiger partial charge in [0.05, 0.1) is 0 Å². The minimum absolute atomic E-state index is 0.423. The van der Waals surface area contributed by atoms with Crippen LogP contribution in [0.2, 0.25) is 0 Å². The first-order valence-corrected chi connectivity index (χ1v) is 3.77. The molecule has 0 saturated heterocycles. The molecule has 5 heteroatoms. The van der Waals surface area contributed by atoms with Crippen molar-refractivity contribution < 1.29 is 14.8 Å². The molecule has 0 aromatic heterocycles. The summed E-state index contributed by atoms with van der Waals surface area (Å²) in [6, 6.07) is 6.33. The fourth-order valence-corrected chi connectivity index (χ4v) is 0.885. The third kappa shape index (κ3) is 2.30. The molecule has 0 fully saturated rings. The molecule has 1 aromatic carbocycles. The van der Waals surface area contributed by atoms with E-state index in [-0.39, 0.29) is 0 Å². The predicted molar refractivity (Wildman–Crippen MR) is 50.6 cm³/mol. The lowest BCUT2D eigenvalue weighted by atomic mass is 9.80. The van der Waals surface area contributed by atoms with Gasteiger partial charge in [-0.2, -0.15) is 0 Å². The van der Waals surface area contributed by atoms with E-state index in [1.54, 1.807) is 24.3 Å². The molecule has 1 aromatic rings. The number of hydrogen-bond donors (Lipinski definition) is 2. The van der Waals surface area contributed by atoms with Gasteiger partial charge in [0.2, 0.25) is 0 Å². The minimum Gasteiger partial charge on any atom is -0.454 e. The molecule has 0 amide bonds. The highest BCUT2D eigenvalue weighted by atomic mass is 32.1. The number of benzene rings is 1. The average molecular weight is 182 g/mol. The van der Waals surface area contributed by atoms with Crippen LogP contribution in [-0.4, -0.2) is 22.7 Å². The van der Waals surface area contributed by atoms with Crippen molar-refractivity contribution in [2.24, 2.45) is 0 Å². The summed E-state index contributed by atoms with van der Waals surface area (Å²) in [6.07, 6.45) is 0. The van der Waals surface area contributed by atoms with Crippen LogP contribution in [0.15, 0.2) is 24.3 Å². The van der Waals surface area contributed by atoms with Gasteiger partial charge in [-0.3, -0.25) is 0 Å². The van der Waals surface area contributed by atoms with Gasteiger partial charge in [0, 0.05) is 0 Å². The van der Waals surface area contributed by atoms with Gasteiger partial charge in [-0.25, -0.2) is 0 Å². The molecule has 0 saturated carbocycles. The van der Waals surface area contributed by atoms with Crippen LogP contribution in [0, 0.1) is 0 Å². The highest BCUT2D eigenvalue weighted by Gasteiger charge is 2.09. The van der Waals surface area contributed by atoms with Crippen LogP contribution in [-0.2, 0) is 0 Å². The Morgan fingerprint density at radius 1 is 1.25 bits per heavy atom. The largest absolute Gasteiger partial charge is 0.488 e. The van der Waals surface area contributed by atoms with E-state index in [0.717, 1.165) is 5.55 Å². The lowest BCUT2D eigenvalue weighted by molar-refractivity contribution is 0.425. The lowest BCUT2D eigenvalue weighted by Gasteiger charge is -2.00. The maximum Gasteiger partial charge on any atom is 0.488 e. The fourth-order valence-electron chi connectivity index (χ4n) is 0.774. The van der Waals surface area contributed by atoms with Crippen molar-refractivity contribution in [1.29, 1.82) is 0 Å². The summed E-state index contributed by atoms with van der Waals surface area (Å²) >= 11 is 4.47. The molecule has 2 N–H and O–H groups in total. The Bertz CT molecular complexity index is 260. The van der Waals surface area contributed by atoms with Crippen molar-refractivity contribution in [1.82, 2.24) is 0 Å². The highest BCUT2D eigenvalue weighted by Crippen LogP contribution is 2.05.